The molecule has 0 spiro atoms. The maximum Gasteiger partial charge on any atom is 0.330 e. The van der Waals surface area contributed by atoms with Crippen molar-refractivity contribution in [3.05, 3.63) is 65.6 Å². The third-order valence-electron chi connectivity index (χ3n) is 5.01. The van der Waals surface area contributed by atoms with Crippen LogP contribution in [-0.4, -0.2) is 24.7 Å². The van der Waals surface area contributed by atoms with E-state index in [1.165, 1.54) is 18.2 Å². The molecule has 0 radical (unpaired) electrons. The molecule has 33 heavy (non-hydrogen) atoms. The fraction of sp³-hybridized carbons (Fsp3) is 0.182. The lowest BCUT2D eigenvalue weighted by Gasteiger charge is -2.14. The number of halogens is 3. The minimum atomic E-state index is -3.08. The first-order valence-corrected chi connectivity index (χ1v) is 11.0. The molecule has 7 nitrogen and oxygen atoms in total. The van der Waals surface area contributed by atoms with Crippen LogP contribution in [0, 0.1) is 12.7 Å². The number of nitrogens with one attached hydrogen (secondary N) is 1. The van der Waals surface area contributed by atoms with E-state index in [0.717, 1.165) is 11.1 Å². The fourth-order valence-electron chi connectivity index (χ4n) is 3.48. The van der Waals surface area contributed by atoms with Gasteiger partial charge in [0, 0.05) is 18.8 Å². The molecule has 1 unspecified atom stereocenters. The van der Waals surface area contributed by atoms with E-state index in [4.69, 9.17) is 10.5 Å². The van der Waals surface area contributed by atoms with Gasteiger partial charge in [-0.25, -0.2) is 13.6 Å². The van der Waals surface area contributed by atoms with Gasteiger partial charge in [0.1, 0.15) is 29.7 Å². The van der Waals surface area contributed by atoms with Crippen LogP contribution in [0.4, 0.5) is 24.7 Å². The monoisotopic (exact) mass is 475 g/mol. The van der Waals surface area contributed by atoms with E-state index in [0.29, 0.717) is 28.0 Å². The summed E-state index contributed by atoms with van der Waals surface area (Å²) < 4.78 is 60.4. The zero-order valence-electron chi connectivity index (χ0n) is 17.7. The summed E-state index contributed by atoms with van der Waals surface area (Å²) in [5, 5.41) is 5.22. The highest BCUT2D eigenvalue weighted by molar-refractivity contribution is 7.86. The lowest BCUT2D eigenvalue weighted by molar-refractivity contribution is 0.244. The normalized spacial score (nSPS) is 12.3. The van der Waals surface area contributed by atoms with Gasteiger partial charge in [-0.2, -0.15) is 13.9 Å². The highest BCUT2D eigenvalue weighted by Gasteiger charge is 2.20. The highest BCUT2D eigenvalue weighted by atomic mass is 32.2. The Hall–Kier alpha value is -3.60. The van der Waals surface area contributed by atoms with E-state index in [2.05, 4.69) is 14.8 Å². The zero-order valence-corrected chi connectivity index (χ0v) is 18.5. The van der Waals surface area contributed by atoms with E-state index in [1.54, 1.807) is 42.2 Å². The Labute approximate surface area is 190 Å². The molecule has 1 atom stereocenters. The number of aromatic nitrogens is 3. The van der Waals surface area contributed by atoms with Crippen LogP contribution in [0.5, 0.6) is 5.75 Å². The maximum absolute atomic E-state index is 13.2. The molecular weight excluding hydrogens is 455 g/mol. The molecule has 0 amide bonds. The smallest absolute Gasteiger partial charge is 0.330 e. The number of nitrogens with zero attached hydrogens (tertiary/aromatic N) is 3. The van der Waals surface area contributed by atoms with E-state index in [1.807, 2.05) is 6.92 Å². The molecule has 2 aromatic heterocycles. The maximum atomic E-state index is 13.2. The minimum absolute atomic E-state index is 0.0332. The van der Waals surface area contributed by atoms with Crippen molar-refractivity contribution in [2.75, 3.05) is 10.5 Å². The molecule has 172 valence electrons. The van der Waals surface area contributed by atoms with Crippen LogP contribution < -0.4 is 15.2 Å². The van der Waals surface area contributed by atoms with Crippen LogP contribution in [-0.2, 0) is 24.6 Å². The number of hydrogen-bond donors (Lipinski definition) is 2. The van der Waals surface area contributed by atoms with Gasteiger partial charge >= 0.3 is 5.76 Å². The van der Waals surface area contributed by atoms with Gasteiger partial charge in [0.25, 0.3) is 0 Å². The molecular formula is C22H20F3N5O2S. The van der Waals surface area contributed by atoms with Crippen molar-refractivity contribution >= 4 is 33.4 Å². The number of rotatable bonds is 7. The SMILES string of the molecule is Cc1cnc(N)c2c(-c3ccc(NS(=O)C(F)F)c(OCc4ccc(F)cc4)c3)nn(C)c12. The van der Waals surface area contributed by atoms with E-state index in [9.17, 15) is 17.4 Å². The summed E-state index contributed by atoms with van der Waals surface area (Å²) in [4.78, 5) is 4.21. The molecule has 0 saturated heterocycles. The molecule has 11 heteroatoms. The molecule has 3 N–H and O–H groups in total. The Bertz CT molecular complexity index is 1340. The largest absolute Gasteiger partial charge is 0.487 e. The lowest BCUT2D eigenvalue weighted by atomic mass is 10.1. The predicted molar refractivity (Wildman–Crippen MR) is 122 cm³/mol. The van der Waals surface area contributed by atoms with Gasteiger partial charge in [-0.05, 0) is 42.3 Å². The zero-order chi connectivity index (χ0) is 23.7. The molecule has 0 fully saturated rings. The van der Waals surface area contributed by atoms with Crippen molar-refractivity contribution in [2.24, 2.45) is 7.05 Å². The number of nitrogen functional groups attached to an aromatic ring is 1. The number of anilines is 2. The van der Waals surface area contributed by atoms with Crippen molar-refractivity contribution in [3.8, 4) is 17.0 Å². The number of alkyl halides is 2. The Balaban J connectivity index is 1.77. The lowest BCUT2D eigenvalue weighted by Crippen LogP contribution is -2.13. The van der Waals surface area contributed by atoms with Gasteiger partial charge in [0.15, 0.2) is 11.0 Å². The average molecular weight is 475 g/mol. The summed E-state index contributed by atoms with van der Waals surface area (Å²) in [7, 11) is -0.839. The first-order chi connectivity index (χ1) is 15.7. The molecule has 0 aliphatic carbocycles. The summed E-state index contributed by atoms with van der Waals surface area (Å²) in [6, 6.07) is 10.4. The molecule has 0 bridgehead atoms. The van der Waals surface area contributed by atoms with E-state index < -0.39 is 16.7 Å². The second kappa shape index (κ2) is 9.10. The van der Waals surface area contributed by atoms with Crippen molar-refractivity contribution < 1.29 is 22.1 Å². The molecule has 2 aromatic carbocycles. The van der Waals surface area contributed by atoms with Crippen LogP contribution in [0.1, 0.15) is 11.1 Å². The standard InChI is InChI=1S/C22H20F3N5O2S/c1-12-10-27-21(26)18-19(28-30(2)20(12)18)14-5-8-16(29-33(31)22(24)25)17(9-14)32-11-13-3-6-15(23)7-4-13/h3-10,22,29H,11H2,1-2H3,(H2,26,27). The second-order valence-corrected chi connectivity index (χ2v) is 8.46. The number of nitrogens with two attached hydrogens (primary N) is 1. The third kappa shape index (κ3) is 4.63. The molecule has 4 rings (SSSR count). The number of benzene rings is 2. The average Bonchev–Trinajstić information content (AvgIpc) is 3.15. The third-order valence-corrected chi connectivity index (χ3v) is 5.75. The fourth-order valence-corrected chi connectivity index (χ4v) is 3.96. The number of aryl methyl sites for hydroxylation is 2. The van der Waals surface area contributed by atoms with Crippen molar-refractivity contribution in [1.82, 2.24) is 14.8 Å². The quantitative estimate of drug-likeness (QED) is 0.409. The number of hydrogen-bond acceptors (Lipinski definition) is 5. The number of fused-ring (bicyclic) bond motifs is 1. The predicted octanol–water partition coefficient (Wildman–Crippen LogP) is 4.54. The summed E-state index contributed by atoms with van der Waals surface area (Å²) in [6.45, 7) is 1.93. The Morgan fingerprint density at radius 3 is 2.64 bits per heavy atom. The molecule has 0 aliphatic heterocycles. The van der Waals surface area contributed by atoms with Crippen molar-refractivity contribution in [1.29, 1.82) is 0 Å². The minimum Gasteiger partial charge on any atom is -0.487 e. The van der Waals surface area contributed by atoms with Gasteiger partial charge in [-0.15, -0.1) is 0 Å². The van der Waals surface area contributed by atoms with Crippen LogP contribution in [0.15, 0.2) is 48.7 Å². The summed E-state index contributed by atoms with van der Waals surface area (Å²) >= 11 is 0. The van der Waals surface area contributed by atoms with Crippen molar-refractivity contribution in [2.45, 2.75) is 19.3 Å². The number of pyridine rings is 1. The number of ether oxygens (including phenoxy) is 1. The van der Waals surface area contributed by atoms with Crippen LogP contribution >= 0.6 is 0 Å². The first-order valence-electron chi connectivity index (χ1n) is 9.79. The van der Waals surface area contributed by atoms with Gasteiger partial charge in [0.2, 0.25) is 0 Å². The van der Waals surface area contributed by atoms with Crippen molar-refractivity contribution in [3.63, 3.8) is 0 Å². The van der Waals surface area contributed by atoms with Crippen LogP contribution in [0.3, 0.4) is 0 Å². The topological polar surface area (TPSA) is 95.1 Å². The molecule has 4 aromatic rings. The summed E-state index contributed by atoms with van der Waals surface area (Å²) in [6.07, 6.45) is 1.66. The summed E-state index contributed by atoms with van der Waals surface area (Å²) in [5.74, 6) is -3.00. The Morgan fingerprint density at radius 2 is 1.94 bits per heavy atom. The molecule has 0 saturated carbocycles. The van der Waals surface area contributed by atoms with Gasteiger partial charge < -0.3 is 10.5 Å². The highest BCUT2D eigenvalue weighted by Crippen LogP contribution is 2.37. The Kier molecular flexibility index (Phi) is 6.23. The Morgan fingerprint density at radius 1 is 1.21 bits per heavy atom. The van der Waals surface area contributed by atoms with E-state index >= 15 is 0 Å². The first kappa shape index (κ1) is 22.6. The van der Waals surface area contributed by atoms with Gasteiger partial charge in [0.05, 0.1) is 16.6 Å². The molecule has 2 heterocycles. The second-order valence-electron chi connectivity index (χ2n) is 7.31. The van der Waals surface area contributed by atoms with Crippen LogP contribution in [0.2, 0.25) is 0 Å². The van der Waals surface area contributed by atoms with Gasteiger partial charge in [-0.3, -0.25) is 9.40 Å². The van der Waals surface area contributed by atoms with E-state index in [-0.39, 0.29) is 23.9 Å². The van der Waals surface area contributed by atoms with Gasteiger partial charge in [-0.1, -0.05) is 18.2 Å². The molecule has 0 aliphatic rings. The summed E-state index contributed by atoms with van der Waals surface area (Å²) in [5.41, 5.74) is 9.74. The van der Waals surface area contributed by atoms with Crippen LogP contribution in [0.25, 0.3) is 22.2 Å².